The van der Waals surface area contributed by atoms with Gasteiger partial charge in [0.15, 0.2) is 0 Å². The first-order valence-corrected chi connectivity index (χ1v) is 8.95. The number of benzene rings is 2. The van der Waals surface area contributed by atoms with Crippen LogP contribution >= 0.6 is 0 Å². The molecule has 134 valence electrons. The zero-order chi connectivity index (χ0) is 18.1. The number of para-hydroxylation sites is 2. The quantitative estimate of drug-likeness (QED) is 0.627. The molecule has 1 heterocycles. The molecule has 1 aliphatic carbocycles. The summed E-state index contributed by atoms with van der Waals surface area (Å²) in [6, 6.07) is 16.8. The van der Waals surface area contributed by atoms with Crippen molar-refractivity contribution in [2.75, 3.05) is 31.1 Å². The van der Waals surface area contributed by atoms with E-state index in [1.807, 2.05) is 46.2 Å². The fourth-order valence-electron chi connectivity index (χ4n) is 3.85. The Balaban J connectivity index is 1.46. The molecule has 0 atom stereocenters. The zero-order valence-corrected chi connectivity index (χ0v) is 14.5. The van der Waals surface area contributed by atoms with Crippen LogP contribution in [0.5, 0.6) is 0 Å². The third-order valence-corrected chi connectivity index (χ3v) is 5.47. The molecule has 0 spiro atoms. The third-order valence-electron chi connectivity index (χ3n) is 5.47. The number of anilines is 1. The maximum atomic E-state index is 13.1. The van der Waals surface area contributed by atoms with Crippen LogP contribution in [0.1, 0.15) is 18.4 Å². The first-order chi connectivity index (χ1) is 12.6. The van der Waals surface area contributed by atoms with E-state index in [2.05, 4.69) is 0 Å². The van der Waals surface area contributed by atoms with Crippen LogP contribution < -0.4 is 4.90 Å². The van der Waals surface area contributed by atoms with E-state index in [-0.39, 0.29) is 21.9 Å². The van der Waals surface area contributed by atoms with Gasteiger partial charge in [-0.1, -0.05) is 42.5 Å². The standard InChI is InChI=1S/C20H21N3O3/c24-19(20(10-11-20)16-6-2-1-3-7-16)22-14-12-21(13-15-22)17-8-4-5-9-18(17)23(25)26/h1-9H,10-15H2. The summed E-state index contributed by atoms with van der Waals surface area (Å²) in [6.07, 6.45) is 1.81. The topological polar surface area (TPSA) is 66.7 Å². The van der Waals surface area contributed by atoms with Gasteiger partial charge in [-0.25, -0.2) is 0 Å². The van der Waals surface area contributed by atoms with E-state index in [9.17, 15) is 14.9 Å². The molecule has 0 unspecified atom stereocenters. The zero-order valence-electron chi connectivity index (χ0n) is 14.5. The first kappa shape index (κ1) is 16.6. The normalized spacial score (nSPS) is 18.5. The number of carbonyl (C=O) groups is 1. The molecule has 0 radical (unpaired) electrons. The van der Waals surface area contributed by atoms with Gasteiger partial charge in [0, 0.05) is 32.2 Å². The molecule has 6 heteroatoms. The van der Waals surface area contributed by atoms with Crippen molar-refractivity contribution < 1.29 is 9.72 Å². The molecular formula is C20H21N3O3. The van der Waals surface area contributed by atoms with Crippen molar-refractivity contribution in [1.82, 2.24) is 4.90 Å². The molecule has 2 fully saturated rings. The number of hydrogen-bond acceptors (Lipinski definition) is 4. The predicted molar refractivity (Wildman–Crippen MR) is 99.2 cm³/mol. The Morgan fingerprint density at radius 3 is 2.15 bits per heavy atom. The van der Waals surface area contributed by atoms with E-state index in [0.29, 0.717) is 31.9 Å². The van der Waals surface area contributed by atoms with Crippen molar-refractivity contribution in [1.29, 1.82) is 0 Å². The van der Waals surface area contributed by atoms with Crippen LogP contribution in [-0.4, -0.2) is 41.9 Å². The van der Waals surface area contributed by atoms with Crippen molar-refractivity contribution >= 4 is 17.3 Å². The number of hydrogen-bond donors (Lipinski definition) is 0. The minimum absolute atomic E-state index is 0.121. The molecule has 1 aliphatic heterocycles. The number of rotatable bonds is 4. The largest absolute Gasteiger partial charge is 0.362 e. The van der Waals surface area contributed by atoms with Crippen molar-refractivity contribution in [2.45, 2.75) is 18.3 Å². The van der Waals surface area contributed by atoms with Crippen molar-refractivity contribution in [3.05, 3.63) is 70.3 Å². The maximum Gasteiger partial charge on any atom is 0.292 e. The summed E-state index contributed by atoms with van der Waals surface area (Å²) in [6.45, 7) is 2.42. The Morgan fingerprint density at radius 1 is 0.923 bits per heavy atom. The Kier molecular flexibility index (Phi) is 4.11. The van der Waals surface area contributed by atoms with E-state index in [1.165, 1.54) is 6.07 Å². The minimum Gasteiger partial charge on any atom is -0.362 e. The first-order valence-electron chi connectivity index (χ1n) is 8.95. The molecule has 26 heavy (non-hydrogen) atoms. The second-order valence-electron chi connectivity index (χ2n) is 6.97. The lowest BCUT2D eigenvalue weighted by atomic mass is 9.94. The van der Waals surface area contributed by atoms with Crippen LogP contribution in [0.15, 0.2) is 54.6 Å². The summed E-state index contributed by atoms with van der Waals surface area (Å²) in [4.78, 5) is 27.9. The van der Waals surface area contributed by atoms with Crippen LogP contribution in [0.4, 0.5) is 11.4 Å². The molecule has 6 nitrogen and oxygen atoms in total. The molecule has 0 N–H and O–H groups in total. The van der Waals surface area contributed by atoms with Gasteiger partial charge in [-0.2, -0.15) is 0 Å². The number of amides is 1. The van der Waals surface area contributed by atoms with Crippen LogP contribution in [0.3, 0.4) is 0 Å². The smallest absolute Gasteiger partial charge is 0.292 e. The van der Waals surface area contributed by atoms with Gasteiger partial charge in [0.05, 0.1) is 10.3 Å². The summed E-state index contributed by atoms with van der Waals surface area (Å²) in [7, 11) is 0. The Bertz CT molecular complexity index is 825. The van der Waals surface area contributed by atoms with E-state index < -0.39 is 0 Å². The number of nitrogens with zero attached hydrogens (tertiary/aromatic N) is 3. The van der Waals surface area contributed by atoms with Crippen molar-refractivity contribution in [3.8, 4) is 0 Å². The average molecular weight is 351 g/mol. The van der Waals surface area contributed by atoms with Gasteiger partial charge in [-0.3, -0.25) is 14.9 Å². The van der Waals surface area contributed by atoms with Gasteiger partial charge in [0.25, 0.3) is 5.69 Å². The Labute approximate surface area is 152 Å². The molecule has 4 rings (SSSR count). The molecule has 1 saturated heterocycles. The summed E-state index contributed by atoms with van der Waals surface area (Å²) in [5, 5.41) is 11.2. The highest BCUT2D eigenvalue weighted by Gasteiger charge is 2.53. The molecule has 2 aromatic carbocycles. The molecule has 2 aromatic rings. The van der Waals surface area contributed by atoms with Crippen LogP contribution in [0.2, 0.25) is 0 Å². The SMILES string of the molecule is O=C(N1CCN(c2ccccc2[N+](=O)[O-])CC1)C1(c2ccccc2)CC1. The molecule has 0 aromatic heterocycles. The highest BCUT2D eigenvalue weighted by molar-refractivity contribution is 5.91. The van der Waals surface area contributed by atoms with Gasteiger partial charge in [0.1, 0.15) is 5.69 Å². The maximum absolute atomic E-state index is 13.1. The number of carbonyl (C=O) groups excluding carboxylic acids is 1. The van der Waals surface area contributed by atoms with Gasteiger partial charge < -0.3 is 9.80 Å². The van der Waals surface area contributed by atoms with Gasteiger partial charge in [-0.05, 0) is 24.5 Å². The average Bonchev–Trinajstić information content (AvgIpc) is 3.50. The van der Waals surface area contributed by atoms with Gasteiger partial charge in [0.2, 0.25) is 5.91 Å². The van der Waals surface area contributed by atoms with Crippen LogP contribution in [-0.2, 0) is 10.2 Å². The summed E-state index contributed by atoms with van der Waals surface area (Å²) in [5.41, 5.74) is 1.51. The van der Waals surface area contributed by atoms with E-state index in [1.54, 1.807) is 12.1 Å². The molecular weight excluding hydrogens is 330 g/mol. The highest BCUT2D eigenvalue weighted by Crippen LogP contribution is 2.49. The predicted octanol–water partition coefficient (Wildman–Crippen LogP) is 2.98. The van der Waals surface area contributed by atoms with E-state index in [4.69, 9.17) is 0 Å². The van der Waals surface area contributed by atoms with Crippen LogP contribution in [0, 0.1) is 10.1 Å². The summed E-state index contributed by atoms with van der Waals surface area (Å²) in [5.74, 6) is 0.200. The number of nitro benzene ring substituents is 1. The van der Waals surface area contributed by atoms with E-state index in [0.717, 1.165) is 18.4 Å². The summed E-state index contributed by atoms with van der Waals surface area (Å²) >= 11 is 0. The third kappa shape index (κ3) is 2.81. The van der Waals surface area contributed by atoms with Gasteiger partial charge >= 0.3 is 0 Å². The molecule has 0 bridgehead atoms. The van der Waals surface area contributed by atoms with Crippen molar-refractivity contribution in [3.63, 3.8) is 0 Å². The lowest BCUT2D eigenvalue weighted by Gasteiger charge is -2.37. The monoisotopic (exact) mass is 351 g/mol. The second kappa shape index (κ2) is 6.44. The lowest BCUT2D eigenvalue weighted by Crippen LogP contribution is -2.51. The number of piperazine rings is 1. The molecule has 1 amide bonds. The summed E-state index contributed by atoms with van der Waals surface area (Å²) < 4.78 is 0. The molecule has 2 aliphatic rings. The van der Waals surface area contributed by atoms with Crippen molar-refractivity contribution in [2.24, 2.45) is 0 Å². The molecule has 1 saturated carbocycles. The fraction of sp³-hybridized carbons (Fsp3) is 0.350. The lowest BCUT2D eigenvalue weighted by molar-refractivity contribution is -0.384. The van der Waals surface area contributed by atoms with Crippen LogP contribution in [0.25, 0.3) is 0 Å². The fourth-order valence-corrected chi connectivity index (χ4v) is 3.85. The van der Waals surface area contributed by atoms with E-state index >= 15 is 0 Å². The Morgan fingerprint density at radius 2 is 1.54 bits per heavy atom. The number of nitro groups is 1. The van der Waals surface area contributed by atoms with Gasteiger partial charge in [-0.15, -0.1) is 0 Å². The highest BCUT2D eigenvalue weighted by atomic mass is 16.6. The minimum atomic E-state index is -0.346. The Hall–Kier alpha value is -2.89. The second-order valence-corrected chi connectivity index (χ2v) is 6.97.